The van der Waals surface area contributed by atoms with Gasteiger partial charge in [-0.25, -0.2) is 13.2 Å². The standard InChI is InChI=1S/C22H29F3N2O3Si2/c1-30-31-16-8-5-14(6-9-16)21(27-20(28)12-11-19(24)25)22(29)26-15-7-10-18(17(23)13-15)32(2,3)4/h5-10,13,19,21H,11-12,31H2,1-4H3,(H,26,29)(H,27,28). The van der Waals surface area contributed by atoms with Crippen molar-refractivity contribution in [2.75, 3.05) is 12.4 Å². The van der Waals surface area contributed by atoms with Crippen molar-refractivity contribution >= 4 is 45.7 Å². The molecule has 0 aliphatic heterocycles. The minimum atomic E-state index is -2.61. The van der Waals surface area contributed by atoms with Gasteiger partial charge < -0.3 is 15.1 Å². The Morgan fingerprint density at radius 1 is 1.09 bits per heavy atom. The lowest BCUT2D eigenvalue weighted by Gasteiger charge is -2.21. The fourth-order valence-corrected chi connectivity index (χ4v) is 5.30. The van der Waals surface area contributed by atoms with Gasteiger partial charge in [-0.2, -0.15) is 0 Å². The Bertz CT molecular complexity index is 935. The van der Waals surface area contributed by atoms with E-state index < -0.39 is 60.8 Å². The van der Waals surface area contributed by atoms with Gasteiger partial charge >= 0.3 is 0 Å². The first kappa shape index (κ1) is 25.8. The van der Waals surface area contributed by atoms with Crippen molar-refractivity contribution in [3.63, 3.8) is 0 Å². The average molecular weight is 483 g/mol. The second-order valence-corrected chi connectivity index (χ2v) is 15.3. The summed E-state index contributed by atoms with van der Waals surface area (Å²) in [7, 11) is -1.14. The summed E-state index contributed by atoms with van der Waals surface area (Å²) in [6.07, 6.45) is -3.61. The van der Waals surface area contributed by atoms with Gasteiger partial charge in [0.1, 0.15) is 11.9 Å². The molecule has 32 heavy (non-hydrogen) atoms. The lowest BCUT2D eigenvalue weighted by atomic mass is 10.1. The Morgan fingerprint density at radius 3 is 2.28 bits per heavy atom. The predicted molar refractivity (Wildman–Crippen MR) is 126 cm³/mol. The van der Waals surface area contributed by atoms with Crippen molar-refractivity contribution in [1.82, 2.24) is 5.32 Å². The molecule has 10 heteroatoms. The highest BCUT2D eigenvalue weighted by Crippen LogP contribution is 2.18. The molecule has 2 aromatic carbocycles. The molecule has 0 bridgehead atoms. The Morgan fingerprint density at radius 2 is 1.75 bits per heavy atom. The fraction of sp³-hybridized carbons (Fsp3) is 0.364. The number of benzene rings is 2. The first-order valence-corrected chi connectivity index (χ1v) is 15.1. The molecule has 2 rings (SSSR count). The second kappa shape index (κ2) is 11.4. The van der Waals surface area contributed by atoms with Crippen molar-refractivity contribution in [2.45, 2.75) is 44.9 Å². The molecular weight excluding hydrogens is 453 g/mol. The first-order chi connectivity index (χ1) is 15.0. The molecule has 174 valence electrons. The summed E-state index contributed by atoms with van der Waals surface area (Å²) in [4.78, 5) is 25.2. The summed E-state index contributed by atoms with van der Waals surface area (Å²) in [5.74, 6) is -1.65. The van der Waals surface area contributed by atoms with Gasteiger partial charge in [0.25, 0.3) is 5.91 Å². The smallest absolute Gasteiger partial charge is 0.251 e. The van der Waals surface area contributed by atoms with Crippen LogP contribution in [0.25, 0.3) is 0 Å². The third kappa shape index (κ3) is 7.61. The van der Waals surface area contributed by atoms with Crippen LogP contribution in [-0.4, -0.2) is 43.2 Å². The molecule has 0 saturated heterocycles. The van der Waals surface area contributed by atoms with E-state index in [-0.39, 0.29) is 5.69 Å². The van der Waals surface area contributed by atoms with Crippen LogP contribution in [0.1, 0.15) is 24.4 Å². The molecule has 1 atom stereocenters. The molecule has 0 aliphatic rings. The number of amides is 2. The van der Waals surface area contributed by atoms with Crippen LogP contribution in [0.5, 0.6) is 0 Å². The molecule has 5 nitrogen and oxygen atoms in total. The summed E-state index contributed by atoms with van der Waals surface area (Å²) >= 11 is 0. The van der Waals surface area contributed by atoms with Crippen molar-refractivity contribution in [1.29, 1.82) is 0 Å². The Balaban J connectivity index is 2.24. The van der Waals surface area contributed by atoms with Crippen molar-refractivity contribution in [3.05, 3.63) is 53.8 Å². The van der Waals surface area contributed by atoms with Crippen LogP contribution in [0, 0.1) is 5.82 Å². The third-order valence-electron chi connectivity index (χ3n) is 4.83. The van der Waals surface area contributed by atoms with Crippen LogP contribution in [-0.2, 0) is 14.0 Å². The number of alkyl halides is 2. The number of hydrogen-bond donors (Lipinski definition) is 2. The molecule has 0 heterocycles. The van der Waals surface area contributed by atoms with E-state index in [2.05, 4.69) is 10.6 Å². The number of anilines is 1. The fourth-order valence-electron chi connectivity index (χ4n) is 3.16. The highest BCUT2D eigenvalue weighted by Gasteiger charge is 2.25. The minimum Gasteiger partial charge on any atom is -0.422 e. The summed E-state index contributed by atoms with van der Waals surface area (Å²) in [5, 5.41) is 6.79. The minimum absolute atomic E-state index is 0.254. The molecule has 0 spiro atoms. The Labute approximate surface area is 189 Å². The maximum atomic E-state index is 14.6. The topological polar surface area (TPSA) is 67.4 Å². The molecule has 2 aromatic rings. The van der Waals surface area contributed by atoms with Crippen LogP contribution in [0.3, 0.4) is 0 Å². The van der Waals surface area contributed by atoms with E-state index in [4.69, 9.17) is 4.43 Å². The lowest BCUT2D eigenvalue weighted by Crippen LogP contribution is -2.40. The Hall–Kier alpha value is -2.44. The lowest BCUT2D eigenvalue weighted by molar-refractivity contribution is -0.127. The largest absolute Gasteiger partial charge is 0.422 e. The number of rotatable bonds is 10. The van der Waals surface area contributed by atoms with E-state index in [0.29, 0.717) is 10.8 Å². The van der Waals surface area contributed by atoms with E-state index >= 15 is 0 Å². The van der Waals surface area contributed by atoms with Gasteiger partial charge in [-0.1, -0.05) is 50.0 Å². The highest BCUT2D eigenvalue weighted by molar-refractivity contribution is 6.88. The summed E-state index contributed by atoms with van der Waals surface area (Å²) in [6.45, 7) is 6.06. The van der Waals surface area contributed by atoms with Gasteiger partial charge in [0, 0.05) is 25.6 Å². The van der Waals surface area contributed by atoms with E-state index in [1.54, 1.807) is 43.5 Å². The number of hydrogen-bond acceptors (Lipinski definition) is 3. The second-order valence-electron chi connectivity index (χ2n) is 8.54. The zero-order valence-corrected chi connectivity index (χ0v) is 21.1. The van der Waals surface area contributed by atoms with Gasteiger partial charge in [0.05, 0.1) is 8.07 Å². The number of carbonyl (C=O) groups is 2. The highest BCUT2D eigenvalue weighted by atomic mass is 28.3. The van der Waals surface area contributed by atoms with Crippen LogP contribution in [0.15, 0.2) is 42.5 Å². The molecule has 0 saturated carbocycles. The SMILES string of the molecule is CO[SiH2]c1ccc(C(NC(=O)CCC(F)F)C(=O)Nc2ccc([Si](C)(C)C)c(F)c2)cc1. The van der Waals surface area contributed by atoms with Crippen molar-refractivity contribution in [2.24, 2.45) is 0 Å². The van der Waals surface area contributed by atoms with E-state index in [1.807, 2.05) is 19.6 Å². The maximum absolute atomic E-state index is 14.6. The van der Waals surface area contributed by atoms with Crippen LogP contribution in [0.4, 0.5) is 18.9 Å². The van der Waals surface area contributed by atoms with Crippen LogP contribution < -0.4 is 21.0 Å². The monoisotopic (exact) mass is 482 g/mol. The van der Waals surface area contributed by atoms with Crippen LogP contribution >= 0.6 is 0 Å². The van der Waals surface area contributed by atoms with Crippen LogP contribution in [0.2, 0.25) is 19.6 Å². The molecule has 2 amide bonds. The summed E-state index contributed by atoms with van der Waals surface area (Å²) in [6, 6.07) is 10.4. The first-order valence-electron chi connectivity index (χ1n) is 10.3. The van der Waals surface area contributed by atoms with E-state index in [0.717, 1.165) is 5.19 Å². The van der Waals surface area contributed by atoms with Gasteiger partial charge in [-0.05, 0) is 28.1 Å². The van der Waals surface area contributed by atoms with Crippen molar-refractivity contribution < 1.29 is 27.2 Å². The molecule has 0 fully saturated rings. The zero-order chi connectivity index (χ0) is 23.9. The predicted octanol–water partition coefficient (Wildman–Crippen LogP) is 2.57. The maximum Gasteiger partial charge on any atom is 0.251 e. The Kier molecular flexibility index (Phi) is 9.23. The quantitative estimate of drug-likeness (QED) is 0.512. The molecule has 0 aromatic heterocycles. The third-order valence-corrected chi connectivity index (χ3v) is 7.94. The van der Waals surface area contributed by atoms with Gasteiger partial charge in [-0.15, -0.1) is 0 Å². The van der Waals surface area contributed by atoms with Gasteiger partial charge in [0.15, 0.2) is 9.76 Å². The molecule has 2 N–H and O–H groups in total. The number of carbonyl (C=O) groups excluding carboxylic acids is 2. The molecular formula is C22H29F3N2O3Si2. The normalized spacial score (nSPS) is 12.9. The zero-order valence-electron chi connectivity index (χ0n) is 18.7. The molecule has 0 aliphatic carbocycles. The summed E-state index contributed by atoms with van der Waals surface area (Å²) in [5.41, 5.74) is 0.741. The molecule has 0 radical (unpaired) electrons. The number of halogens is 3. The molecule has 1 unspecified atom stereocenters. The van der Waals surface area contributed by atoms with Gasteiger partial charge in [-0.3, -0.25) is 9.59 Å². The van der Waals surface area contributed by atoms with E-state index in [1.165, 1.54) is 6.07 Å². The van der Waals surface area contributed by atoms with Gasteiger partial charge in [0.2, 0.25) is 12.3 Å². The van der Waals surface area contributed by atoms with Crippen molar-refractivity contribution in [3.8, 4) is 0 Å². The average Bonchev–Trinajstić information content (AvgIpc) is 2.70. The van der Waals surface area contributed by atoms with E-state index in [9.17, 15) is 22.8 Å². The summed E-state index contributed by atoms with van der Waals surface area (Å²) < 4.78 is 44.7. The number of nitrogens with one attached hydrogen (secondary N) is 2.